The number of hydrogen-bond acceptors (Lipinski definition) is 4. The molecule has 0 aliphatic carbocycles. The van der Waals surface area contributed by atoms with Crippen LogP contribution in [0.5, 0.6) is 0 Å². The molecule has 0 radical (unpaired) electrons. The number of para-hydroxylation sites is 2. The number of anilines is 1. The standard InChI is InChI=1S/C19H16N4OS/c1-2-10-23-17-9-4-3-8-16(17)22-19(23)25-13-18(24)21-15-7-5-6-14(11-15)12-20/h2-9,11H,1,10,13H2,(H,21,24). The van der Waals surface area contributed by atoms with E-state index in [1.807, 2.05) is 34.9 Å². The highest BCUT2D eigenvalue weighted by Crippen LogP contribution is 2.24. The van der Waals surface area contributed by atoms with E-state index in [1.165, 1.54) is 11.8 Å². The summed E-state index contributed by atoms with van der Waals surface area (Å²) in [7, 11) is 0. The summed E-state index contributed by atoms with van der Waals surface area (Å²) >= 11 is 1.38. The molecule has 0 saturated heterocycles. The molecule has 0 aliphatic rings. The van der Waals surface area contributed by atoms with Crippen LogP contribution < -0.4 is 5.32 Å². The smallest absolute Gasteiger partial charge is 0.234 e. The minimum Gasteiger partial charge on any atom is -0.325 e. The number of nitrogens with one attached hydrogen (secondary N) is 1. The number of carbonyl (C=O) groups excluding carboxylic acids is 1. The van der Waals surface area contributed by atoms with E-state index in [0.717, 1.165) is 16.2 Å². The Morgan fingerprint density at radius 1 is 1.32 bits per heavy atom. The van der Waals surface area contributed by atoms with Crippen molar-refractivity contribution in [1.82, 2.24) is 9.55 Å². The molecule has 3 rings (SSSR count). The first-order valence-corrected chi connectivity index (χ1v) is 8.69. The number of carbonyl (C=O) groups is 1. The molecule has 0 unspecified atom stereocenters. The van der Waals surface area contributed by atoms with Gasteiger partial charge in [0.15, 0.2) is 5.16 Å². The molecule has 0 saturated carbocycles. The predicted octanol–water partition coefficient (Wildman–Crippen LogP) is 3.82. The fourth-order valence-electron chi connectivity index (χ4n) is 2.46. The summed E-state index contributed by atoms with van der Waals surface area (Å²) in [4.78, 5) is 16.8. The van der Waals surface area contributed by atoms with Crippen molar-refractivity contribution in [2.75, 3.05) is 11.1 Å². The van der Waals surface area contributed by atoms with Gasteiger partial charge in [0.1, 0.15) is 0 Å². The summed E-state index contributed by atoms with van der Waals surface area (Å²) in [6.07, 6.45) is 1.81. The molecule has 25 heavy (non-hydrogen) atoms. The van der Waals surface area contributed by atoms with Crippen molar-refractivity contribution in [3.8, 4) is 6.07 Å². The van der Waals surface area contributed by atoms with Crippen molar-refractivity contribution in [3.05, 3.63) is 66.7 Å². The molecule has 1 N–H and O–H groups in total. The zero-order valence-electron chi connectivity index (χ0n) is 13.5. The van der Waals surface area contributed by atoms with Crippen LogP contribution >= 0.6 is 11.8 Å². The number of thioether (sulfide) groups is 1. The van der Waals surface area contributed by atoms with Crippen LogP contribution in [0.15, 0.2) is 66.3 Å². The van der Waals surface area contributed by atoms with E-state index in [4.69, 9.17) is 5.26 Å². The quantitative estimate of drug-likeness (QED) is 0.543. The lowest BCUT2D eigenvalue weighted by atomic mass is 10.2. The van der Waals surface area contributed by atoms with Gasteiger partial charge < -0.3 is 9.88 Å². The number of nitrogens with zero attached hydrogens (tertiary/aromatic N) is 3. The fourth-order valence-corrected chi connectivity index (χ4v) is 3.29. The molecule has 1 heterocycles. The molecule has 6 heteroatoms. The highest BCUT2D eigenvalue weighted by atomic mass is 32.2. The molecule has 0 fully saturated rings. The van der Waals surface area contributed by atoms with Crippen molar-refractivity contribution in [3.63, 3.8) is 0 Å². The van der Waals surface area contributed by atoms with Gasteiger partial charge in [0.05, 0.1) is 28.4 Å². The SMILES string of the molecule is C=CCn1c(SCC(=O)Nc2cccc(C#N)c2)nc2ccccc21. The average Bonchev–Trinajstić information content (AvgIpc) is 2.98. The van der Waals surface area contributed by atoms with Crippen molar-refractivity contribution < 1.29 is 4.79 Å². The number of hydrogen-bond donors (Lipinski definition) is 1. The first kappa shape index (κ1) is 16.8. The van der Waals surface area contributed by atoms with Crippen LogP contribution in [0.1, 0.15) is 5.56 Å². The number of aromatic nitrogens is 2. The van der Waals surface area contributed by atoms with Crippen LogP contribution in [0.3, 0.4) is 0 Å². The Labute approximate surface area is 150 Å². The molecule has 5 nitrogen and oxygen atoms in total. The Bertz CT molecular complexity index is 971. The Kier molecular flexibility index (Phi) is 5.17. The molecule has 0 aliphatic heterocycles. The average molecular weight is 348 g/mol. The van der Waals surface area contributed by atoms with Crippen LogP contribution in [-0.2, 0) is 11.3 Å². The summed E-state index contributed by atoms with van der Waals surface area (Å²) in [5.41, 5.74) is 3.04. The molecule has 1 amide bonds. The maximum atomic E-state index is 12.2. The zero-order chi connectivity index (χ0) is 17.6. The predicted molar refractivity (Wildman–Crippen MR) is 100 cm³/mol. The van der Waals surface area contributed by atoms with Gasteiger partial charge in [0.25, 0.3) is 0 Å². The lowest BCUT2D eigenvalue weighted by Crippen LogP contribution is -2.14. The van der Waals surface area contributed by atoms with Crippen molar-refractivity contribution >= 4 is 34.4 Å². The van der Waals surface area contributed by atoms with Gasteiger partial charge in [-0.25, -0.2) is 4.98 Å². The Morgan fingerprint density at radius 3 is 2.96 bits per heavy atom. The summed E-state index contributed by atoms with van der Waals surface area (Å²) in [6.45, 7) is 4.42. The van der Waals surface area contributed by atoms with Gasteiger partial charge in [-0.1, -0.05) is 36.0 Å². The number of allylic oxidation sites excluding steroid dienone is 1. The second-order valence-corrected chi connectivity index (χ2v) is 6.25. The van der Waals surface area contributed by atoms with Crippen LogP contribution in [0.4, 0.5) is 5.69 Å². The Hall–Kier alpha value is -3.04. The third kappa shape index (κ3) is 3.90. The monoisotopic (exact) mass is 348 g/mol. The third-order valence-electron chi connectivity index (χ3n) is 3.54. The summed E-state index contributed by atoms with van der Waals surface area (Å²) < 4.78 is 2.04. The maximum absolute atomic E-state index is 12.2. The molecule has 2 aromatic carbocycles. The lowest BCUT2D eigenvalue weighted by Gasteiger charge is -2.07. The van der Waals surface area contributed by atoms with Gasteiger partial charge in [-0.15, -0.1) is 6.58 Å². The molecular weight excluding hydrogens is 332 g/mol. The van der Waals surface area contributed by atoms with Gasteiger partial charge in [-0.05, 0) is 30.3 Å². The molecule has 124 valence electrons. The van der Waals surface area contributed by atoms with E-state index in [2.05, 4.69) is 22.9 Å². The molecular formula is C19H16N4OS. The van der Waals surface area contributed by atoms with Crippen LogP contribution in [0, 0.1) is 11.3 Å². The Balaban J connectivity index is 1.71. The molecule has 0 atom stereocenters. The molecule has 3 aromatic rings. The van der Waals surface area contributed by atoms with Crippen molar-refractivity contribution in [2.24, 2.45) is 0 Å². The number of amides is 1. The van der Waals surface area contributed by atoms with E-state index < -0.39 is 0 Å². The van der Waals surface area contributed by atoms with E-state index in [0.29, 0.717) is 17.8 Å². The second kappa shape index (κ2) is 7.69. The summed E-state index contributed by atoms with van der Waals surface area (Å²) in [5, 5.41) is 12.5. The third-order valence-corrected chi connectivity index (χ3v) is 4.52. The van der Waals surface area contributed by atoms with E-state index in [9.17, 15) is 4.79 Å². The first-order valence-electron chi connectivity index (χ1n) is 7.70. The number of benzene rings is 2. The second-order valence-electron chi connectivity index (χ2n) is 5.31. The van der Waals surface area contributed by atoms with Gasteiger partial charge >= 0.3 is 0 Å². The fraction of sp³-hybridized carbons (Fsp3) is 0.105. The first-order chi connectivity index (χ1) is 12.2. The zero-order valence-corrected chi connectivity index (χ0v) is 14.3. The normalized spacial score (nSPS) is 10.4. The number of rotatable bonds is 6. The molecule has 0 spiro atoms. The van der Waals surface area contributed by atoms with Crippen molar-refractivity contribution in [2.45, 2.75) is 11.7 Å². The summed E-state index contributed by atoms with van der Waals surface area (Å²) in [6, 6.07) is 16.8. The number of imidazole rings is 1. The van der Waals surface area contributed by atoms with Crippen molar-refractivity contribution in [1.29, 1.82) is 5.26 Å². The molecule has 1 aromatic heterocycles. The largest absolute Gasteiger partial charge is 0.325 e. The van der Waals surface area contributed by atoms with Gasteiger partial charge in [-0.2, -0.15) is 5.26 Å². The number of fused-ring (bicyclic) bond motifs is 1. The lowest BCUT2D eigenvalue weighted by molar-refractivity contribution is -0.113. The van der Waals surface area contributed by atoms with E-state index in [1.54, 1.807) is 24.3 Å². The highest BCUT2D eigenvalue weighted by Gasteiger charge is 2.12. The maximum Gasteiger partial charge on any atom is 0.234 e. The van der Waals surface area contributed by atoms with E-state index in [-0.39, 0.29) is 11.7 Å². The minimum atomic E-state index is -0.141. The van der Waals surface area contributed by atoms with Gasteiger partial charge in [-0.3, -0.25) is 4.79 Å². The minimum absolute atomic E-state index is 0.141. The Morgan fingerprint density at radius 2 is 2.16 bits per heavy atom. The van der Waals surface area contributed by atoms with Gasteiger partial charge in [0, 0.05) is 12.2 Å². The highest BCUT2D eigenvalue weighted by molar-refractivity contribution is 7.99. The van der Waals surface area contributed by atoms with E-state index >= 15 is 0 Å². The van der Waals surface area contributed by atoms with Crippen LogP contribution in [-0.4, -0.2) is 21.2 Å². The number of nitriles is 1. The molecule has 0 bridgehead atoms. The van der Waals surface area contributed by atoms with Crippen LogP contribution in [0.25, 0.3) is 11.0 Å². The van der Waals surface area contributed by atoms with Gasteiger partial charge in [0.2, 0.25) is 5.91 Å². The topological polar surface area (TPSA) is 70.7 Å². The van der Waals surface area contributed by atoms with Crippen LogP contribution in [0.2, 0.25) is 0 Å². The summed E-state index contributed by atoms with van der Waals surface area (Å²) in [5.74, 6) is 0.0920.